The van der Waals surface area contributed by atoms with Gasteiger partial charge in [0.1, 0.15) is 17.5 Å². The minimum Gasteiger partial charge on any atom is -0.323 e. The molecule has 0 aliphatic rings. The Kier molecular flexibility index (Phi) is 4.06. The number of hydrogen-bond acceptors (Lipinski definition) is 2. The number of rotatable bonds is 3. The number of halogens is 4. The molecule has 1 aromatic carbocycles. The second kappa shape index (κ2) is 5.46. The van der Waals surface area contributed by atoms with Crippen LogP contribution in [0.5, 0.6) is 0 Å². The summed E-state index contributed by atoms with van der Waals surface area (Å²) in [6.45, 7) is 1.72. The van der Waals surface area contributed by atoms with Crippen molar-refractivity contribution < 1.29 is 13.2 Å². The van der Waals surface area contributed by atoms with Gasteiger partial charge in [-0.05, 0) is 6.92 Å². The first kappa shape index (κ1) is 14.9. The lowest BCUT2D eigenvalue weighted by molar-refractivity contribution is 0.497. The van der Waals surface area contributed by atoms with Gasteiger partial charge in [0.05, 0.1) is 16.4 Å². The number of aryl methyl sites for hydroxylation is 2. The molecule has 2 aromatic rings. The van der Waals surface area contributed by atoms with Gasteiger partial charge >= 0.3 is 0 Å². The molecule has 0 saturated carbocycles. The molecule has 0 aliphatic carbocycles. The summed E-state index contributed by atoms with van der Waals surface area (Å²) in [5.41, 5.74) is 6.64. The van der Waals surface area contributed by atoms with Crippen LogP contribution in [0.1, 0.15) is 23.0 Å². The van der Waals surface area contributed by atoms with Gasteiger partial charge in [-0.15, -0.1) is 0 Å². The Morgan fingerprint density at radius 2 is 1.85 bits per heavy atom. The maximum Gasteiger partial charge on any atom is 0.133 e. The van der Waals surface area contributed by atoms with Gasteiger partial charge < -0.3 is 5.73 Å². The zero-order valence-electron chi connectivity index (χ0n) is 10.9. The predicted molar refractivity (Wildman–Crippen MR) is 69.9 cm³/mol. The molecule has 0 spiro atoms. The van der Waals surface area contributed by atoms with E-state index in [2.05, 4.69) is 5.10 Å². The van der Waals surface area contributed by atoms with E-state index in [4.69, 9.17) is 17.3 Å². The highest BCUT2D eigenvalue weighted by molar-refractivity contribution is 6.31. The van der Waals surface area contributed by atoms with E-state index in [9.17, 15) is 13.2 Å². The molecular weight excluding hydrogens is 291 g/mol. The molecule has 0 amide bonds. The van der Waals surface area contributed by atoms with Crippen molar-refractivity contribution in [2.45, 2.75) is 19.4 Å². The van der Waals surface area contributed by atoms with Crippen molar-refractivity contribution in [1.82, 2.24) is 9.78 Å². The Hall–Kier alpha value is -1.53. The maximum atomic E-state index is 13.7. The molecule has 0 aliphatic heterocycles. The van der Waals surface area contributed by atoms with Crippen molar-refractivity contribution in [1.29, 1.82) is 0 Å². The fourth-order valence-corrected chi connectivity index (χ4v) is 2.36. The molecule has 0 fully saturated rings. The summed E-state index contributed by atoms with van der Waals surface area (Å²) in [4.78, 5) is 0. The van der Waals surface area contributed by atoms with Crippen LogP contribution >= 0.6 is 11.6 Å². The van der Waals surface area contributed by atoms with E-state index in [1.165, 1.54) is 4.68 Å². The van der Waals surface area contributed by atoms with E-state index in [-0.39, 0.29) is 12.0 Å². The molecule has 3 nitrogen and oxygen atoms in total. The topological polar surface area (TPSA) is 43.8 Å². The van der Waals surface area contributed by atoms with E-state index in [0.29, 0.717) is 28.5 Å². The minimum absolute atomic E-state index is 0.0929. The molecule has 0 saturated heterocycles. The predicted octanol–water partition coefficient (Wildman–Crippen LogP) is 3.04. The molecule has 2 rings (SSSR count). The summed E-state index contributed by atoms with van der Waals surface area (Å²) in [5, 5.41) is 4.51. The van der Waals surface area contributed by atoms with Crippen molar-refractivity contribution in [2.24, 2.45) is 12.8 Å². The van der Waals surface area contributed by atoms with E-state index < -0.39 is 23.5 Å². The Morgan fingerprint density at radius 1 is 1.30 bits per heavy atom. The van der Waals surface area contributed by atoms with Crippen molar-refractivity contribution in [3.05, 3.63) is 51.6 Å². The number of nitrogens with zero attached hydrogens (tertiary/aromatic N) is 2. The highest BCUT2D eigenvalue weighted by Crippen LogP contribution is 2.27. The Balaban J connectivity index is 2.36. The second-order valence-electron chi connectivity index (χ2n) is 4.56. The first-order valence-electron chi connectivity index (χ1n) is 5.89. The molecule has 2 N–H and O–H groups in total. The summed E-state index contributed by atoms with van der Waals surface area (Å²) in [5.74, 6) is -3.00. The van der Waals surface area contributed by atoms with Gasteiger partial charge in [0.15, 0.2) is 0 Å². The average molecular weight is 304 g/mol. The van der Waals surface area contributed by atoms with Crippen LogP contribution in [0.15, 0.2) is 12.1 Å². The van der Waals surface area contributed by atoms with Crippen LogP contribution in [-0.4, -0.2) is 9.78 Å². The van der Waals surface area contributed by atoms with Crippen LogP contribution in [-0.2, 0) is 13.5 Å². The van der Waals surface area contributed by atoms with Gasteiger partial charge in [0.25, 0.3) is 0 Å². The summed E-state index contributed by atoms with van der Waals surface area (Å²) in [6.07, 6.45) is 0.0929. The SMILES string of the molecule is Cc1nn(C)c(CC(N)c2c(F)cc(F)cc2F)c1Cl. The number of benzene rings is 1. The second-order valence-corrected chi connectivity index (χ2v) is 4.94. The zero-order chi connectivity index (χ0) is 15.0. The molecule has 0 radical (unpaired) electrons. The lowest BCUT2D eigenvalue weighted by atomic mass is 10.0. The third-order valence-corrected chi connectivity index (χ3v) is 3.58. The first-order chi connectivity index (χ1) is 9.31. The lowest BCUT2D eigenvalue weighted by Gasteiger charge is -2.14. The standard InChI is InChI=1S/C13H13ClF3N3/c1-6-13(14)11(20(2)19-6)5-10(18)12-8(16)3-7(15)4-9(12)17/h3-4,10H,5,18H2,1-2H3. The molecule has 20 heavy (non-hydrogen) atoms. The summed E-state index contributed by atoms with van der Waals surface area (Å²) in [6, 6.07) is 0.228. The third kappa shape index (κ3) is 2.66. The van der Waals surface area contributed by atoms with Crippen LogP contribution in [0, 0.1) is 24.4 Å². The van der Waals surface area contributed by atoms with Crippen molar-refractivity contribution >= 4 is 11.6 Å². The van der Waals surface area contributed by atoms with Gasteiger partial charge in [0, 0.05) is 37.2 Å². The van der Waals surface area contributed by atoms with E-state index in [1.807, 2.05) is 0 Å². The monoisotopic (exact) mass is 303 g/mol. The zero-order valence-corrected chi connectivity index (χ0v) is 11.7. The highest BCUT2D eigenvalue weighted by atomic mass is 35.5. The van der Waals surface area contributed by atoms with Crippen LogP contribution in [0.2, 0.25) is 5.02 Å². The first-order valence-corrected chi connectivity index (χ1v) is 6.27. The van der Waals surface area contributed by atoms with Crippen LogP contribution in [0.3, 0.4) is 0 Å². The van der Waals surface area contributed by atoms with Gasteiger partial charge in [-0.1, -0.05) is 11.6 Å². The van der Waals surface area contributed by atoms with Crippen molar-refractivity contribution in [2.75, 3.05) is 0 Å². The number of nitrogens with two attached hydrogens (primary N) is 1. The fourth-order valence-electron chi connectivity index (χ4n) is 2.12. The van der Waals surface area contributed by atoms with E-state index in [1.54, 1.807) is 14.0 Å². The minimum atomic E-state index is -1.01. The van der Waals surface area contributed by atoms with Gasteiger partial charge in [0.2, 0.25) is 0 Å². The van der Waals surface area contributed by atoms with Crippen molar-refractivity contribution in [3.8, 4) is 0 Å². The average Bonchev–Trinajstić information content (AvgIpc) is 2.54. The summed E-state index contributed by atoms with van der Waals surface area (Å²) >= 11 is 6.06. The number of hydrogen-bond donors (Lipinski definition) is 1. The molecule has 1 unspecified atom stereocenters. The Bertz CT molecular complexity index is 632. The molecule has 1 heterocycles. The van der Waals surface area contributed by atoms with Crippen LogP contribution in [0.25, 0.3) is 0 Å². The number of aromatic nitrogens is 2. The molecule has 1 aromatic heterocycles. The molecular formula is C13H13ClF3N3. The molecule has 1 atom stereocenters. The smallest absolute Gasteiger partial charge is 0.133 e. The Morgan fingerprint density at radius 3 is 2.30 bits per heavy atom. The maximum absolute atomic E-state index is 13.7. The van der Waals surface area contributed by atoms with Crippen LogP contribution in [0.4, 0.5) is 13.2 Å². The van der Waals surface area contributed by atoms with Crippen LogP contribution < -0.4 is 5.73 Å². The fraction of sp³-hybridized carbons (Fsp3) is 0.308. The largest absolute Gasteiger partial charge is 0.323 e. The molecule has 108 valence electrons. The summed E-state index contributed by atoms with van der Waals surface area (Å²) < 4.78 is 41.7. The highest BCUT2D eigenvalue weighted by Gasteiger charge is 2.22. The molecule has 7 heteroatoms. The molecule has 0 bridgehead atoms. The third-order valence-electron chi connectivity index (χ3n) is 3.09. The van der Waals surface area contributed by atoms with Gasteiger partial charge in [-0.2, -0.15) is 5.10 Å². The van der Waals surface area contributed by atoms with E-state index >= 15 is 0 Å². The normalized spacial score (nSPS) is 12.8. The quantitative estimate of drug-likeness (QED) is 0.947. The lowest BCUT2D eigenvalue weighted by Crippen LogP contribution is -2.19. The van der Waals surface area contributed by atoms with Gasteiger partial charge in [-0.3, -0.25) is 4.68 Å². The van der Waals surface area contributed by atoms with Crippen molar-refractivity contribution in [3.63, 3.8) is 0 Å². The van der Waals surface area contributed by atoms with E-state index in [0.717, 1.165) is 0 Å². The van der Waals surface area contributed by atoms with Gasteiger partial charge in [-0.25, -0.2) is 13.2 Å². The Labute approximate surface area is 119 Å². The summed E-state index contributed by atoms with van der Waals surface area (Å²) in [7, 11) is 1.66.